The third-order valence-corrected chi connectivity index (χ3v) is 4.55. The van der Waals surface area contributed by atoms with E-state index in [9.17, 15) is 14.9 Å². The van der Waals surface area contributed by atoms with Crippen molar-refractivity contribution in [3.8, 4) is 0 Å². The van der Waals surface area contributed by atoms with Gasteiger partial charge < -0.3 is 19.5 Å². The van der Waals surface area contributed by atoms with E-state index in [-0.39, 0.29) is 11.3 Å². The fourth-order valence-electron chi connectivity index (χ4n) is 2.46. The highest BCUT2D eigenvalue weighted by Gasteiger charge is 2.22. The standard InChI is InChI=1S/C18H13Cl2N3O4.C2H2O4/c19-13-3-6-15(16(20)9-13)17(10-22-8-7-21-11-22)27-18(24)12-1-4-14(5-2-12)23(25)26;3-1(4)2(5)6/h1-9,11,17H,10H2;(H,3,4)(H,5,6). The topological polar surface area (TPSA) is 162 Å². The molecule has 0 saturated carbocycles. The van der Waals surface area contributed by atoms with Crippen molar-refractivity contribution in [1.82, 2.24) is 9.55 Å². The summed E-state index contributed by atoms with van der Waals surface area (Å²) in [6, 6.07) is 10.1. The molecule has 0 spiro atoms. The van der Waals surface area contributed by atoms with Crippen LogP contribution in [-0.4, -0.2) is 42.6 Å². The smallest absolute Gasteiger partial charge is 0.414 e. The average molecular weight is 496 g/mol. The van der Waals surface area contributed by atoms with Gasteiger partial charge in [0.2, 0.25) is 0 Å². The van der Waals surface area contributed by atoms with Gasteiger partial charge in [-0.2, -0.15) is 0 Å². The number of carbonyl (C=O) groups is 3. The number of aliphatic carboxylic acids is 2. The Hall–Kier alpha value is -3.96. The first kappa shape index (κ1) is 25.3. The Kier molecular flexibility index (Phi) is 8.89. The molecule has 0 radical (unpaired) electrons. The van der Waals surface area contributed by atoms with Gasteiger partial charge in [-0.25, -0.2) is 19.4 Å². The van der Waals surface area contributed by atoms with Gasteiger partial charge in [0.15, 0.2) is 0 Å². The Morgan fingerprint density at radius 2 is 1.73 bits per heavy atom. The van der Waals surface area contributed by atoms with E-state index in [2.05, 4.69) is 4.98 Å². The number of carboxylic acids is 2. The van der Waals surface area contributed by atoms with Crippen molar-refractivity contribution in [3.63, 3.8) is 0 Å². The van der Waals surface area contributed by atoms with Crippen molar-refractivity contribution in [2.24, 2.45) is 0 Å². The van der Waals surface area contributed by atoms with Gasteiger partial charge in [-0.05, 0) is 24.3 Å². The summed E-state index contributed by atoms with van der Waals surface area (Å²) < 4.78 is 7.38. The minimum absolute atomic E-state index is 0.109. The fourth-order valence-corrected chi connectivity index (χ4v) is 2.99. The molecule has 1 atom stereocenters. The molecule has 13 heteroatoms. The SMILES string of the molecule is O=C(O)C(=O)O.O=C(OC(Cn1ccnc1)c1ccc(Cl)cc1Cl)c1ccc([N+](=O)[O-])cc1. The quantitative estimate of drug-likeness (QED) is 0.223. The lowest BCUT2D eigenvalue weighted by Gasteiger charge is -2.20. The normalized spacial score (nSPS) is 11.0. The number of carboxylic acid groups (broad SMARTS) is 2. The van der Waals surface area contributed by atoms with Gasteiger partial charge in [-0.3, -0.25) is 10.1 Å². The Morgan fingerprint density at radius 3 is 2.21 bits per heavy atom. The molecule has 11 nitrogen and oxygen atoms in total. The second-order valence-electron chi connectivity index (χ2n) is 6.23. The van der Waals surface area contributed by atoms with Crippen molar-refractivity contribution >= 4 is 46.8 Å². The number of nitro groups is 1. The number of nitrogens with zero attached hydrogens (tertiary/aromatic N) is 3. The molecule has 0 bridgehead atoms. The van der Waals surface area contributed by atoms with Crippen molar-refractivity contribution < 1.29 is 34.3 Å². The summed E-state index contributed by atoms with van der Waals surface area (Å²) in [4.78, 5) is 44.9. The number of aromatic nitrogens is 2. The van der Waals surface area contributed by atoms with E-state index in [1.807, 2.05) is 0 Å². The maximum atomic E-state index is 12.5. The molecule has 3 rings (SSSR count). The van der Waals surface area contributed by atoms with Crippen molar-refractivity contribution in [2.45, 2.75) is 12.6 Å². The molecule has 0 amide bonds. The molecule has 1 heterocycles. The van der Waals surface area contributed by atoms with Gasteiger partial charge >= 0.3 is 17.9 Å². The number of non-ortho nitro benzene ring substituents is 1. The van der Waals surface area contributed by atoms with Gasteiger partial charge in [-0.1, -0.05) is 29.3 Å². The second-order valence-corrected chi connectivity index (χ2v) is 7.08. The number of esters is 1. The largest absolute Gasteiger partial charge is 0.473 e. The van der Waals surface area contributed by atoms with Crippen LogP contribution in [0.1, 0.15) is 22.0 Å². The maximum absolute atomic E-state index is 12.5. The van der Waals surface area contributed by atoms with E-state index in [1.165, 1.54) is 24.3 Å². The zero-order valence-electron chi connectivity index (χ0n) is 16.5. The number of benzene rings is 2. The molecule has 0 aliphatic carbocycles. The van der Waals surface area contributed by atoms with Gasteiger partial charge in [0.1, 0.15) is 6.10 Å². The second kappa shape index (κ2) is 11.6. The van der Waals surface area contributed by atoms with E-state index in [1.54, 1.807) is 41.5 Å². The maximum Gasteiger partial charge on any atom is 0.414 e. The lowest BCUT2D eigenvalue weighted by Crippen LogP contribution is -2.17. The first-order valence-corrected chi connectivity index (χ1v) is 9.66. The van der Waals surface area contributed by atoms with Crippen LogP contribution in [0.15, 0.2) is 61.2 Å². The number of rotatable bonds is 6. The molecule has 2 N–H and O–H groups in total. The molecule has 1 aromatic heterocycles. The van der Waals surface area contributed by atoms with Crippen molar-refractivity contribution in [2.75, 3.05) is 0 Å². The van der Waals surface area contributed by atoms with E-state index >= 15 is 0 Å². The van der Waals surface area contributed by atoms with Crippen LogP contribution in [0.2, 0.25) is 10.0 Å². The van der Waals surface area contributed by atoms with Crippen LogP contribution in [0.5, 0.6) is 0 Å². The molecule has 0 aliphatic heterocycles. The first-order chi connectivity index (χ1) is 15.6. The predicted octanol–water partition coefficient (Wildman–Crippen LogP) is 3.85. The summed E-state index contributed by atoms with van der Waals surface area (Å²) in [6.45, 7) is 0.292. The molecule has 1 unspecified atom stereocenters. The lowest BCUT2D eigenvalue weighted by atomic mass is 10.1. The van der Waals surface area contributed by atoms with Gasteiger partial charge in [0.05, 0.1) is 23.4 Å². The van der Waals surface area contributed by atoms with Crippen LogP contribution in [0.3, 0.4) is 0 Å². The summed E-state index contributed by atoms with van der Waals surface area (Å²) in [7, 11) is 0. The minimum atomic E-state index is -1.82. The fraction of sp³-hybridized carbons (Fsp3) is 0.100. The zero-order valence-corrected chi connectivity index (χ0v) is 18.0. The Balaban J connectivity index is 0.000000569. The zero-order chi connectivity index (χ0) is 24.5. The number of carbonyl (C=O) groups excluding carboxylic acids is 1. The summed E-state index contributed by atoms with van der Waals surface area (Å²) in [6.07, 6.45) is 4.23. The number of ether oxygens (including phenoxy) is 1. The summed E-state index contributed by atoms with van der Waals surface area (Å²) in [5.41, 5.74) is 0.675. The van der Waals surface area contributed by atoms with Gasteiger partial charge in [-0.15, -0.1) is 0 Å². The van der Waals surface area contributed by atoms with E-state index < -0.39 is 28.9 Å². The molecule has 2 aromatic carbocycles. The van der Waals surface area contributed by atoms with E-state index in [4.69, 9.17) is 47.7 Å². The first-order valence-electron chi connectivity index (χ1n) is 8.90. The molecule has 3 aromatic rings. The number of halogens is 2. The summed E-state index contributed by atoms with van der Waals surface area (Å²) in [5.74, 6) is -4.27. The third kappa shape index (κ3) is 7.59. The number of imidazole rings is 1. The Morgan fingerprint density at radius 1 is 1.09 bits per heavy atom. The summed E-state index contributed by atoms with van der Waals surface area (Å²) >= 11 is 12.2. The Bertz CT molecular complexity index is 1140. The molecular weight excluding hydrogens is 481 g/mol. The van der Waals surface area contributed by atoms with Crippen molar-refractivity contribution in [1.29, 1.82) is 0 Å². The molecule has 33 heavy (non-hydrogen) atoms. The molecule has 0 fully saturated rings. The lowest BCUT2D eigenvalue weighted by molar-refractivity contribution is -0.384. The molecule has 172 valence electrons. The minimum Gasteiger partial charge on any atom is -0.473 e. The van der Waals surface area contributed by atoms with E-state index in [0.717, 1.165) is 0 Å². The Labute approximate surface area is 195 Å². The van der Waals surface area contributed by atoms with Crippen LogP contribution in [0.25, 0.3) is 0 Å². The molecule has 0 aliphatic rings. The third-order valence-electron chi connectivity index (χ3n) is 3.99. The van der Waals surface area contributed by atoms with E-state index in [0.29, 0.717) is 22.2 Å². The predicted molar refractivity (Wildman–Crippen MR) is 115 cm³/mol. The van der Waals surface area contributed by atoms with Crippen LogP contribution in [-0.2, 0) is 20.9 Å². The number of hydrogen-bond donors (Lipinski definition) is 2. The highest BCUT2D eigenvalue weighted by Crippen LogP contribution is 2.30. The summed E-state index contributed by atoms with van der Waals surface area (Å²) in [5, 5.41) is 26.4. The van der Waals surface area contributed by atoms with Gasteiger partial charge in [0.25, 0.3) is 5.69 Å². The monoisotopic (exact) mass is 495 g/mol. The average Bonchev–Trinajstić information content (AvgIpc) is 3.27. The molecular formula is C20H15Cl2N3O8. The highest BCUT2D eigenvalue weighted by atomic mass is 35.5. The van der Waals surface area contributed by atoms with Crippen LogP contribution in [0, 0.1) is 10.1 Å². The molecule has 0 saturated heterocycles. The number of hydrogen-bond acceptors (Lipinski definition) is 7. The van der Waals surface area contributed by atoms with Crippen LogP contribution < -0.4 is 0 Å². The van der Waals surface area contributed by atoms with Crippen molar-refractivity contribution in [3.05, 3.63) is 92.5 Å². The highest BCUT2D eigenvalue weighted by molar-refractivity contribution is 6.35. The van der Waals surface area contributed by atoms with Crippen LogP contribution >= 0.6 is 23.2 Å². The van der Waals surface area contributed by atoms with Gasteiger partial charge in [0, 0.05) is 40.1 Å². The number of nitro benzene ring substituents is 1. The van der Waals surface area contributed by atoms with Crippen LogP contribution in [0.4, 0.5) is 5.69 Å².